The lowest BCUT2D eigenvalue weighted by atomic mass is 10.0. The van der Waals surface area contributed by atoms with E-state index in [0.717, 1.165) is 22.0 Å². The van der Waals surface area contributed by atoms with Crippen molar-refractivity contribution in [1.82, 2.24) is 0 Å². The van der Waals surface area contributed by atoms with Gasteiger partial charge in [0.2, 0.25) is 0 Å². The molecule has 0 aromatic heterocycles. The van der Waals surface area contributed by atoms with Crippen LogP contribution in [0.5, 0.6) is 0 Å². The minimum Gasteiger partial charge on any atom is -0.389 e. The number of rotatable bonds is 5. The number of hydrogen-bond donors (Lipinski definition) is 2. The molecule has 0 fully saturated rings. The molecular formula is C14H16N2O2S2. The fraction of sp³-hybridized carbons (Fsp3) is 0.214. The average Bonchev–Trinajstić information content (AvgIpc) is 2.37. The van der Waals surface area contributed by atoms with Gasteiger partial charge in [-0.25, -0.2) is 8.42 Å². The van der Waals surface area contributed by atoms with Gasteiger partial charge in [0.15, 0.2) is 0 Å². The first-order valence-electron chi connectivity index (χ1n) is 6.11. The van der Waals surface area contributed by atoms with Crippen molar-refractivity contribution < 1.29 is 8.42 Å². The van der Waals surface area contributed by atoms with Gasteiger partial charge in [0.1, 0.15) is 14.8 Å². The van der Waals surface area contributed by atoms with E-state index in [0.29, 0.717) is 11.5 Å². The molecule has 2 aromatic carbocycles. The van der Waals surface area contributed by atoms with Crippen LogP contribution >= 0.6 is 12.2 Å². The average molecular weight is 308 g/mol. The van der Waals surface area contributed by atoms with E-state index in [2.05, 4.69) is 5.32 Å². The normalized spacial score (nSPS) is 11.4. The van der Waals surface area contributed by atoms with E-state index >= 15 is 0 Å². The van der Waals surface area contributed by atoms with Gasteiger partial charge < -0.3 is 11.1 Å². The van der Waals surface area contributed by atoms with Crippen molar-refractivity contribution >= 4 is 43.5 Å². The Morgan fingerprint density at radius 2 is 1.85 bits per heavy atom. The molecule has 2 rings (SSSR count). The van der Waals surface area contributed by atoms with Crippen LogP contribution in [0.25, 0.3) is 10.8 Å². The van der Waals surface area contributed by atoms with Crippen molar-refractivity contribution in [2.75, 3.05) is 23.9 Å². The molecule has 0 aliphatic heterocycles. The Balaban J connectivity index is 2.36. The van der Waals surface area contributed by atoms with E-state index < -0.39 is 9.84 Å². The van der Waals surface area contributed by atoms with Crippen LogP contribution in [0.15, 0.2) is 36.4 Å². The molecule has 0 spiro atoms. The van der Waals surface area contributed by atoms with Gasteiger partial charge in [-0.2, -0.15) is 0 Å². The molecule has 0 unspecified atom stereocenters. The molecule has 6 heteroatoms. The third kappa shape index (κ3) is 3.46. The number of anilines is 1. The van der Waals surface area contributed by atoms with Crippen molar-refractivity contribution in [3.05, 3.63) is 42.0 Å². The van der Waals surface area contributed by atoms with E-state index in [9.17, 15) is 8.42 Å². The molecule has 20 heavy (non-hydrogen) atoms. The molecular weight excluding hydrogens is 292 g/mol. The van der Waals surface area contributed by atoms with Crippen molar-refractivity contribution in [3.8, 4) is 0 Å². The SMILES string of the molecule is CS(=O)(=O)CCNc1ccc(C(N)=S)c2ccccc12. The minimum atomic E-state index is -2.97. The highest BCUT2D eigenvalue weighted by atomic mass is 32.2. The summed E-state index contributed by atoms with van der Waals surface area (Å²) in [4.78, 5) is 0.351. The van der Waals surface area contributed by atoms with Crippen LogP contribution in [0.4, 0.5) is 5.69 Å². The summed E-state index contributed by atoms with van der Waals surface area (Å²) in [5.41, 5.74) is 7.42. The van der Waals surface area contributed by atoms with Crippen LogP contribution in [-0.4, -0.2) is 32.0 Å². The first-order chi connectivity index (χ1) is 9.38. The second-order valence-electron chi connectivity index (χ2n) is 4.63. The van der Waals surface area contributed by atoms with Gasteiger partial charge in [0.05, 0.1) is 5.75 Å². The predicted octanol–water partition coefficient (Wildman–Crippen LogP) is 1.93. The molecule has 2 aromatic rings. The molecule has 0 aliphatic rings. The van der Waals surface area contributed by atoms with Gasteiger partial charge in [0, 0.05) is 29.4 Å². The molecule has 4 nitrogen and oxygen atoms in total. The largest absolute Gasteiger partial charge is 0.389 e. The number of thiocarbonyl (C=S) groups is 1. The molecule has 0 bridgehead atoms. The Labute approximate surface area is 123 Å². The quantitative estimate of drug-likeness (QED) is 0.826. The third-order valence-electron chi connectivity index (χ3n) is 2.98. The number of nitrogens with one attached hydrogen (secondary N) is 1. The first-order valence-corrected chi connectivity index (χ1v) is 8.58. The third-order valence-corrected chi connectivity index (χ3v) is 4.14. The Hall–Kier alpha value is -1.66. The Bertz CT molecular complexity index is 755. The van der Waals surface area contributed by atoms with E-state index in [1.54, 1.807) is 0 Å². The molecule has 0 radical (unpaired) electrons. The van der Waals surface area contributed by atoms with E-state index in [1.165, 1.54) is 6.26 Å². The minimum absolute atomic E-state index is 0.0956. The van der Waals surface area contributed by atoms with Crippen molar-refractivity contribution in [1.29, 1.82) is 0 Å². The van der Waals surface area contributed by atoms with E-state index in [-0.39, 0.29) is 5.75 Å². The number of hydrogen-bond acceptors (Lipinski definition) is 4. The standard InChI is InChI=1S/C14H16N2O2S2/c1-20(17,18)9-8-16-13-7-6-12(14(15)19)10-4-2-3-5-11(10)13/h2-7,16H,8-9H2,1H3,(H2,15,19). The van der Waals surface area contributed by atoms with Crippen LogP contribution in [0.2, 0.25) is 0 Å². The smallest absolute Gasteiger partial charge is 0.149 e. The molecule has 0 heterocycles. The van der Waals surface area contributed by atoms with Crippen LogP contribution in [0.3, 0.4) is 0 Å². The van der Waals surface area contributed by atoms with Gasteiger partial charge in [-0.15, -0.1) is 0 Å². The lowest BCUT2D eigenvalue weighted by Gasteiger charge is -2.12. The maximum Gasteiger partial charge on any atom is 0.149 e. The van der Waals surface area contributed by atoms with Crippen LogP contribution < -0.4 is 11.1 Å². The summed E-state index contributed by atoms with van der Waals surface area (Å²) in [6, 6.07) is 11.5. The number of sulfone groups is 1. The maximum atomic E-state index is 11.2. The van der Waals surface area contributed by atoms with Gasteiger partial charge in [-0.05, 0) is 17.5 Å². The fourth-order valence-corrected chi connectivity index (χ4v) is 2.69. The number of benzene rings is 2. The van der Waals surface area contributed by atoms with Gasteiger partial charge in [-0.1, -0.05) is 36.5 Å². The zero-order valence-electron chi connectivity index (χ0n) is 11.1. The highest BCUT2D eigenvalue weighted by Crippen LogP contribution is 2.26. The molecule has 3 N–H and O–H groups in total. The first kappa shape index (κ1) is 14.7. The zero-order chi connectivity index (χ0) is 14.8. The van der Waals surface area contributed by atoms with E-state index in [1.807, 2.05) is 36.4 Å². The Morgan fingerprint density at radius 1 is 1.20 bits per heavy atom. The second kappa shape index (κ2) is 5.76. The maximum absolute atomic E-state index is 11.2. The summed E-state index contributed by atoms with van der Waals surface area (Å²) in [6.07, 6.45) is 1.22. The zero-order valence-corrected chi connectivity index (χ0v) is 12.7. The molecule has 0 aliphatic carbocycles. The van der Waals surface area contributed by atoms with Gasteiger partial charge in [0.25, 0.3) is 0 Å². The molecule has 0 saturated heterocycles. The Kier molecular flexibility index (Phi) is 4.25. The van der Waals surface area contributed by atoms with Crippen LogP contribution in [-0.2, 0) is 9.84 Å². The fourth-order valence-electron chi connectivity index (χ4n) is 2.04. The van der Waals surface area contributed by atoms with E-state index in [4.69, 9.17) is 18.0 Å². The van der Waals surface area contributed by atoms with Crippen molar-refractivity contribution in [3.63, 3.8) is 0 Å². The molecule has 0 saturated carbocycles. The summed E-state index contributed by atoms with van der Waals surface area (Å²) < 4.78 is 22.3. The monoisotopic (exact) mass is 308 g/mol. The number of nitrogens with two attached hydrogens (primary N) is 1. The van der Waals surface area contributed by atoms with Crippen molar-refractivity contribution in [2.24, 2.45) is 5.73 Å². The van der Waals surface area contributed by atoms with Crippen LogP contribution in [0, 0.1) is 0 Å². The summed E-state index contributed by atoms with van der Waals surface area (Å²) in [5.74, 6) is 0.0956. The number of fused-ring (bicyclic) bond motifs is 1. The lowest BCUT2D eigenvalue weighted by Crippen LogP contribution is -2.15. The molecule has 106 valence electrons. The van der Waals surface area contributed by atoms with Crippen molar-refractivity contribution in [2.45, 2.75) is 0 Å². The second-order valence-corrected chi connectivity index (χ2v) is 7.33. The molecule has 0 amide bonds. The highest BCUT2D eigenvalue weighted by Gasteiger charge is 2.08. The molecule has 0 atom stereocenters. The van der Waals surface area contributed by atoms with Gasteiger partial charge >= 0.3 is 0 Å². The lowest BCUT2D eigenvalue weighted by molar-refractivity contribution is 0.602. The summed E-state index contributed by atoms with van der Waals surface area (Å²) in [5, 5.41) is 5.09. The summed E-state index contributed by atoms with van der Waals surface area (Å²) >= 11 is 5.05. The topological polar surface area (TPSA) is 72.2 Å². The predicted molar refractivity (Wildman–Crippen MR) is 88.0 cm³/mol. The summed E-state index contributed by atoms with van der Waals surface area (Å²) in [7, 11) is -2.97. The van der Waals surface area contributed by atoms with Gasteiger partial charge in [-0.3, -0.25) is 0 Å². The highest BCUT2D eigenvalue weighted by molar-refractivity contribution is 7.90. The Morgan fingerprint density at radius 3 is 2.45 bits per heavy atom. The van der Waals surface area contributed by atoms with Crippen LogP contribution in [0.1, 0.15) is 5.56 Å². The summed E-state index contributed by atoms with van der Waals surface area (Å²) in [6.45, 7) is 0.370.